The first kappa shape index (κ1) is 11.9. The maximum atomic E-state index is 11.6. The van der Waals surface area contributed by atoms with Crippen molar-refractivity contribution in [3.8, 4) is 0 Å². The van der Waals surface area contributed by atoms with E-state index in [0.717, 1.165) is 13.1 Å². The highest BCUT2D eigenvalue weighted by molar-refractivity contribution is 7.87. The van der Waals surface area contributed by atoms with Gasteiger partial charge in [-0.2, -0.15) is 17.4 Å². The average Bonchev–Trinajstić information content (AvgIpc) is 2.02. The predicted molar refractivity (Wildman–Crippen MR) is 54.8 cm³/mol. The molecule has 1 fully saturated rings. The molecule has 0 bridgehead atoms. The Labute approximate surface area is 85.2 Å². The molecule has 0 amide bonds. The molecule has 6 nitrogen and oxygen atoms in total. The van der Waals surface area contributed by atoms with Gasteiger partial charge in [0.15, 0.2) is 0 Å². The third-order valence-corrected chi connectivity index (χ3v) is 3.85. The smallest absolute Gasteiger partial charge is 0.280 e. The van der Waals surface area contributed by atoms with Crippen molar-refractivity contribution in [2.75, 3.05) is 33.2 Å². The summed E-state index contributed by atoms with van der Waals surface area (Å²) in [6.07, 6.45) is -0.542. The van der Waals surface area contributed by atoms with Crippen molar-refractivity contribution in [2.24, 2.45) is 5.73 Å². The Morgan fingerprint density at radius 3 is 2.21 bits per heavy atom. The molecule has 1 unspecified atom stereocenters. The number of nitrogens with two attached hydrogens (primary N) is 1. The van der Waals surface area contributed by atoms with Gasteiger partial charge in [0.2, 0.25) is 0 Å². The molecule has 1 atom stereocenters. The standard InChI is InChI=1S/C7H18N4O2S/c1-7(8)9-14(12,13)11-5-3-10(2)4-6-11/h7,9H,3-6,8H2,1-2H3. The summed E-state index contributed by atoms with van der Waals surface area (Å²) in [6, 6.07) is 0. The zero-order chi connectivity index (χ0) is 10.8. The SMILES string of the molecule is CC(N)NS(=O)(=O)N1CCN(C)CC1. The average molecular weight is 222 g/mol. The predicted octanol–water partition coefficient (Wildman–Crippen LogP) is -1.63. The fraction of sp³-hybridized carbons (Fsp3) is 1.00. The number of likely N-dealkylation sites (N-methyl/N-ethyl adjacent to an activating group) is 1. The molecule has 1 aliphatic rings. The monoisotopic (exact) mass is 222 g/mol. The van der Waals surface area contributed by atoms with Crippen molar-refractivity contribution in [2.45, 2.75) is 13.1 Å². The fourth-order valence-electron chi connectivity index (χ4n) is 1.34. The van der Waals surface area contributed by atoms with E-state index in [-0.39, 0.29) is 0 Å². The van der Waals surface area contributed by atoms with Gasteiger partial charge in [-0.25, -0.2) is 0 Å². The Balaban J connectivity index is 2.56. The van der Waals surface area contributed by atoms with E-state index in [1.807, 2.05) is 7.05 Å². The molecule has 0 radical (unpaired) electrons. The minimum Gasteiger partial charge on any atom is -0.315 e. The van der Waals surface area contributed by atoms with Crippen LogP contribution in [0.15, 0.2) is 0 Å². The van der Waals surface area contributed by atoms with Crippen LogP contribution in [0, 0.1) is 0 Å². The summed E-state index contributed by atoms with van der Waals surface area (Å²) in [5.41, 5.74) is 5.39. The molecule has 0 saturated carbocycles. The second-order valence-electron chi connectivity index (χ2n) is 3.61. The van der Waals surface area contributed by atoms with Gasteiger partial charge in [0.05, 0.1) is 6.17 Å². The molecule has 0 aromatic heterocycles. The van der Waals surface area contributed by atoms with E-state index in [4.69, 9.17) is 5.73 Å². The lowest BCUT2D eigenvalue weighted by Gasteiger charge is -2.31. The number of nitrogens with one attached hydrogen (secondary N) is 1. The third kappa shape index (κ3) is 3.18. The number of hydrogen-bond donors (Lipinski definition) is 2. The topological polar surface area (TPSA) is 78.7 Å². The Morgan fingerprint density at radius 1 is 1.29 bits per heavy atom. The highest BCUT2D eigenvalue weighted by Gasteiger charge is 2.25. The summed E-state index contributed by atoms with van der Waals surface area (Å²) in [5, 5.41) is 0. The van der Waals surface area contributed by atoms with Crippen molar-refractivity contribution >= 4 is 10.2 Å². The summed E-state index contributed by atoms with van der Waals surface area (Å²) < 4.78 is 27.0. The van der Waals surface area contributed by atoms with Crippen LogP contribution in [0.2, 0.25) is 0 Å². The van der Waals surface area contributed by atoms with Crippen molar-refractivity contribution in [1.82, 2.24) is 13.9 Å². The van der Waals surface area contributed by atoms with Crippen molar-refractivity contribution in [3.05, 3.63) is 0 Å². The summed E-state index contributed by atoms with van der Waals surface area (Å²) in [7, 11) is -1.40. The van der Waals surface area contributed by atoms with Crippen LogP contribution < -0.4 is 10.5 Å². The fourth-order valence-corrected chi connectivity index (χ4v) is 2.60. The molecule has 3 N–H and O–H groups in total. The molecule has 14 heavy (non-hydrogen) atoms. The molecule has 0 spiro atoms. The molecule has 0 aliphatic carbocycles. The Hall–Kier alpha value is -0.210. The Kier molecular flexibility index (Phi) is 3.85. The highest BCUT2D eigenvalue weighted by atomic mass is 32.2. The van der Waals surface area contributed by atoms with Gasteiger partial charge in [-0.05, 0) is 14.0 Å². The van der Waals surface area contributed by atoms with Gasteiger partial charge < -0.3 is 10.6 Å². The maximum Gasteiger partial charge on any atom is 0.280 e. The molecule has 84 valence electrons. The zero-order valence-corrected chi connectivity index (χ0v) is 9.42. The second kappa shape index (κ2) is 4.54. The van der Waals surface area contributed by atoms with Crippen LogP contribution in [-0.2, 0) is 10.2 Å². The number of piperazine rings is 1. The van der Waals surface area contributed by atoms with Crippen LogP contribution in [0.5, 0.6) is 0 Å². The molecule has 0 aromatic carbocycles. The van der Waals surface area contributed by atoms with Crippen molar-refractivity contribution < 1.29 is 8.42 Å². The molecule has 1 heterocycles. The summed E-state index contributed by atoms with van der Waals surface area (Å²) in [5.74, 6) is 0. The van der Waals surface area contributed by atoms with Crippen LogP contribution in [0.25, 0.3) is 0 Å². The van der Waals surface area contributed by atoms with Crippen LogP contribution in [0.3, 0.4) is 0 Å². The molecule has 1 rings (SSSR count). The molecular formula is C7H18N4O2S. The number of rotatable bonds is 3. The Morgan fingerprint density at radius 2 is 1.79 bits per heavy atom. The maximum absolute atomic E-state index is 11.6. The van der Waals surface area contributed by atoms with E-state index in [2.05, 4.69) is 9.62 Å². The first-order chi connectivity index (χ1) is 6.42. The van der Waals surface area contributed by atoms with Gasteiger partial charge in [0.1, 0.15) is 0 Å². The van der Waals surface area contributed by atoms with Crippen LogP contribution in [-0.4, -0.2) is 57.0 Å². The van der Waals surface area contributed by atoms with E-state index in [1.54, 1.807) is 6.92 Å². The molecule has 0 aromatic rings. The first-order valence-electron chi connectivity index (χ1n) is 4.63. The van der Waals surface area contributed by atoms with Crippen molar-refractivity contribution in [3.63, 3.8) is 0 Å². The normalized spacial score (nSPS) is 23.6. The van der Waals surface area contributed by atoms with Gasteiger partial charge in [-0.15, -0.1) is 0 Å². The van der Waals surface area contributed by atoms with Gasteiger partial charge >= 0.3 is 0 Å². The van der Waals surface area contributed by atoms with E-state index in [0.29, 0.717) is 13.1 Å². The van der Waals surface area contributed by atoms with Crippen LogP contribution >= 0.6 is 0 Å². The van der Waals surface area contributed by atoms with E-state index in [9.17, 15) is 8.42 Å². The second-order valence-corrected chi connectivity index (χ2v) is 5.32. The van der Waals surface area contributed by atoms with Crippen LogP contribution in [0.4, 0.5) is 0 Å². The minimum absolute atomic E-state index is 0.526. The van der Waals surface area contributed by atoms with Gasteiger partial charge in [-0.3, -0.25) is 0 Å². The largest absolute Gasteiger partial charge is 0.315 e. The van der Waals surface area contributed by atoms with Gasteiger partial charge in [0.25, 0.3) is 10.2 Å². The zero-order valence-electron chi connectivity index (χ0n) is 8.60. The molecular weight excluding hydrogens is 204 g/mol. The van der Waals surface area contributed by atoms with Gasteiger partial charge in [-0.1, -0.05) is 0 Å². The Bertz CT molecular complexity index is 269. The lowest BCUT2D eigenvalue weighted by molar-refractivity contribution is 0.220. The van der Waals surface area contributed by atoms with Crippen molar-refractivity contribution in [1.29, 1.82) is 0 Å². The molecule has 1 aliphatic heterocycles. The van der Waals surface area contributed by atoms with E-state index < -0.39 is 16.4 Å². The van der Waals surface area contributed by atoms with Gasteiger partial charge in [0, 0.05) is 26.2 Å². The summed E-state index contributed by atoms with van der Waals surface area (Å²) in [6.45, 7) is 4.18. The lowest BCUT2D eigenvalue weighted by atomic mass is 10.4. The summed E-state index contributed by atoms with van der Waals surface area (Å²) >= 11 is 0. The lowest BCUT2D eigenvalue weighted by Crippen LogP contribution is -2.53. The molecule has 1 saturated heterocycles. The molecule has 7 heteroatoms. The third-order valence-electron chi connectivity index (χ3n) is 2.14. The highest BCUT2D eigenvalue weighted by Crippen LogP contribution is 2.04. The quantitative estimate of drug-likeness (QED) is 0.562. The van der Waals surface area contributed by atoms with E-state index in [1.165, 1.54) is 4.31 Å². The minimum atomic E-state index is -3.37. The van der Waals surface area contributed by atoms with Crippen LogP contribution in [0.1, 0.15) is 6.92 Å². The number of hydrogen-bond acceptors (Lipinski definition) is 4. The van der Waals surface area contributed by atoms with E-state index >= 15 is 0 Å². The summed E-state index contributed by atoms with van der Waals surface area (Å²) in [4.78, 5) is 2.10. The number of nitrogens with zero attached hydrogens (tertiary/aromatic N) is 2. The first-order valence-corrected chi connectivity index (χ1v) is 6.07.